The Balaban J connectivity index is 2.25. The van der Waals surface area contributed by atoms with Crippen molar-refractivity contribution in [1.82, 2.24) is 4.98 Å². The normalized spacial score (nSPS) is 10.5. The van der Waals surface area contributed by atoms with Crippen LogP contribution in [-0.2, 0) is 4.74 Å². The molecule has 0 bridgehead atoms. The second-order valence-electron chi connectivity index (χ2n) is 5.29. The van der Waals surface area contributed by atoms with Crippen LogP contribution in [0.25, 0.3) is 0 Å². The standard InChI is InChI=1S/C20H22N2O3/c1-5-7-13-22(4)19-14-16(11-12-21-19)25-18-10-8-9-17(15(18)3)20(23)24-6-2/h5,7-14H,1,6H2,2-4H3/b13-7-. The highest BCUT2D eigenvalue weighted by molar-refractivity contribution is 5.91. The Morgan fingerprint density at radius 3 is 2.88 bits per heavy atom. The fourth-order valence-corrected chi connectivity index (χ4v) is 2.20. The van der Waals surface area contributed by atoms with Crippen molar-refractivity contribution in [3.63, 3.8) is 0 Å². The zero-order valence-corrected chi connectivity index (χ0v) is 14.7. The maximum absolute atomic E-state index is 12.0. The molecule has 2 rings (SSSR count). The van der Waals surface area contributed by atoms with E-state index < -0.39 is 0 Å². The molecule has 0 amide bonds. The van der Waals surface area contributed by atoms with E-state index in [1.54, 1.807) is 37.4 Å². The van der Waals surface area contributed by atoms with Gasteiger partial charge in [0.1, 0.15) is 17.3 Å². The van der Waals surface area contributed by atoms with Crippen LogP contribution in [-0.4, -0.2) is 24.6 Å². The molecule has 0 saturated heterocycles. The van der Waals surface area contributed by atoms with Gasteiger partial charge in [0, 0.05) is 31.1 Å². The number of aromatic nitrogens is 1. The van der Waals surface area contributed by atoms with Crippen LogP contribution in [0.4, 0.5) is 5.82 Å². The van der Waals surface area contributed by atoms with Gasteiger partial charge in [-0.25, -0.2) is 9.78 Å². The number of carbonyl (C=O) groups is 1. The molecule has 0 saturated carbocycles. The van der Waals surface area contributed by atoms with Crippen molar-refractivity contribution in [3.8, 4) is 11.5 Å². The highest BCUT2D eigenvalue weighted by Gasteiger charge is 2.14. The SMILES string of the molecule is C=C/C=C\N(C)c1cc(Oc2cccc(C(=O)OCC)c2C)ccn1. The number of carbonyl (C=O) groups excluding carboxylic acids is 1. The van der Waals surface area contributed by atoms with E-state index in [-0.39, 0.29) is 5.97 Å². The molecular weight excluding hydrogens is 316 g/mol. The van der Waals surface area contributed by atoms with Crippen molar-refractivity contribution in [2.45, 2.75) is 13.8 Å². The molecule has 2 aromatic rings. The van der Waals surface area contributed by atoms with Crippen molar-refractivity contribution in [2.75, 3.05) is 18.6 Å². The Kier molecular flexibility index (Phi) is 6.34. The summed E-state index contributed by atoms with van der Waals surface area (Å²) in [6.45, 7) is 7.60. The van der Waals surface area contributed by atoms with Gasteiger partial charge in [-0.15, -0.1) is 0 Å². The molecule has 0 aliphatic carbocycles. The summed E-state index contributed by atoms with van der Waals surface area (Å²) in [4.78, 5) is 18.2. The van der Waals surface area contributed by atoms with Gasteiger partial charge in [0.25, 0.3) is 0 Å². The zero-order valence-electron chi connectivity index (χ0n) is 14.7. The number of allylic oxidation sites excluding steroid dienone is 2. The predicted molar refractivity (Wildman–Crippen MR) is 99.2 cm³/mol. The van der Waals surface area contributed by atoms with E-state index in [1.165, 1.54) is 0 Å². The third-order valence-electron chi connectivity index (χ3n) is 3.53. The molecule has 5 nitrogen and oxygen atoms in total. The first kappa shape index (κ1) is 18.3. The summed E-state index contributed by atoms with van der Waals surface area (Å²) in [7, 11) is 1.89. The van der Waals surface area contributed by atoms with Gasteiger partial charge < -0.3 is 14.4 Å². The summed E-state index contributed by atoms with van der Waals surface area (Å²) in [6.07, 6.45) is 7.04. The quantitative estimate of drug-likeness (QED) is 0.550. The fourth-order valence-electron chi connectivity index (χ4n) is 2.20. The van der Waals surface area contributed by atoms with Gasteiger partial charge >= 0.3 is 5.97 Å². The third kappa shape index (κ3) is 4.70. The summed E-state index contributed by atoms with van der Waals surface area (Å²) in [5, 5.41) is 0. The Morgan fingerprint density at radius 1 is 1.36 bits per heavy atom. The lowest BCUT2D eigenvalue weighted by Crippen LogP contribution is -2.09. The number of esters is 1. The minimum Gasteiger partial charge on any atom is -0.462 e. The number of anilines is 1. The number of ether oxygens (including phenoxy) is 2. The summed E-state index contributed by atoms with van der Waals surface area (Å²) in [5.74, 6) is 1.62. The van der Waals surface area contributed by atoms with Gasteiger partial charge in [-0.2, -0.15) is 0 Å². The molecule has 130 valence electrons. The van der Waals surface area contributed by atoms with Gasteiger partial charge in [-0.3, -0.25) is 0 Å². The number of hydrogen-bond donors (Lipinski definition) is 0. The van der Waals surface area contributed by atoms with Crippen molar-refractivity contribution < 1.29 is 14.3 Å². The van der Waals surface area contributed by atoms with Crippen LogP contribution in [0.3, 0.4) is 0 Å². The lowest BCUT2D eigenvalue weighted by molar-refractivity contribution is 0.0525. The first-order valence-corrected chi connectivity index (χ1v) is 7.99. The monoisotopic (exact) mass is 338 g/mol. The van der Waals surface area contributed by atoms with E-state index in [1.807, 2.05) is 43.3 Å². The van der Waals surface area contributed by atoms with Crippen molar-refractivity contribution in [1.29, 1.82) is 0 Å². The molecule has 5 heteroatoms. The molecule has 1 heterocycles. The van der Waals surface area contributed by atoms with Crippen molar-refractivity contribution in [3.05, 3.63) is 72.6 Å². The molecular formula is C20H22N2O3. The molecule has 0 unspecified atom stereocenters. The molecule has 0 aliphatic heterocycles. The van der Waals surface area contributed by atoms with E-state index in [4.69, 9.17) is 9.47 Å². The zero-order chi connectivity index (χ0) is 18.2. The average molecular weight is 338 g/mol. The fraction of sp³-hybridized carbons (Fsp3) is 0.200. The first-order valence-electron chi connectivity index (χ1n) is 7.99. The lowest BCUT2D eigenvalue weighted by Gasteiger charge is -2.15. The first-order chi connectivity index (χ1) is 12.1. The van der Waals surface area contributed by atoms with Gasteiger partial charge in [-0.1, -0.05) is 18.7 Å². The van der Waals surface area contributed by atoms with Crippen molar-refractivity contribution >= 4 is 11.8 Å². The number of benzene rings is 1. The number of pyridine rings is 1. The molecule has 1 aromatic heterocycles. The van der Waals surface area contributed by atoms with E-state index in [9.17, 15) is 4.79 Å². The van der Waals surface area contributed by atoms with Gasteiger partial charge in [-0.05, 0) is 38.1 Å². The molecule has 0 fully saturated rings. The molecule has 25 heavy (non-hydrogen) atoms. The maximum Gasteiger partial charge on any atom is 0.338 e. The van der Waals surface area contributed by atoms with Crippen LogP contribution in [0.5, 0.6) is 11.5 Å². The lowest BCUT2D eigenvalue weighted by atomic mass is 10.1. The Morgan fingerprint density at radius 2 is 2.16 bits per heavy atom. The molecule has 0 radical (unpaired) electrons. The summed E-state index contributed by atoms with van der Waals surface area (Å²) < 4.78 is 11.0. The molecule has 0 spiro atoms. The van der Waals surface area contributed by atoms with Crippen LogP contribution in [0, 0.1) is 6.92 Å². The average Bonchev–Trinajstić information content (AvgIpc) is 2.62. The molecule has 0 atom stereocenters. The highest BCUT2D eigenvalue weighted by Crippen LogP contribution is 2.29. The Hall–Kier alpha value is -3.08. The van der Waals surface area contributed by atoms with Gasteiger partial charge in [0.15, 0.2) is 0 Å². The smallest absolute Gasteiger partial charge is 0.338 e. The Bertz CT molecular complexity index is 784. The van der Waals surface area contributed by atoms with Crippen LogP contribution in [0.15, 0.2) is 61.5 Å². The van der Waals surface area contributed by atoms with E-state index in [0.717, 1.165) is 11.4 Å². The predicted octanol–water partition coefficient (Wildman–Crippen LogP) is 4.49. The van der Waals surface area contributed by atoms with Gasteiger partial charge in [0.05, 0.1) is 12.2 Å². The minimum atomic E-state index is -0.352. The van der Waals surface area contributed by atoms with Crippen LogP contribution >= 0.6 is 0 Å². The largest absolute Gasteiger partial charge is 0.462 e. The van der Waals surface area contributed by atoms with Crippen LogP contribution < -0.4 is 9.64 Å². The summed E-state index contributed by atoms with van der Waals surface area (Å²) >= 11 is 0. The number of rotatable bonds is 7. The third-order valence-corrected chi connectivity index (χ3v) is 3.53. The van der Waals surface area contributed by atoms with Crippen LogP contribution in [0.1, 0.15) is 22.8 Å². The highest BCUT2D eigenvalue weighted by atomic mass is 16.5. The van der Waals surface area contributed by atoms with E-state index >= 15 is 0 Å². The van der Waals surface area contributed by atoms with Crippen LogP contribution in [0.2, 0.25) is 0 Å². The second kappa shape index (κ2) is 8.68. The molecule has 0 aliphatic rings. The Labute approximate surface area is 148 Å². The van der Waals surface area contributed by atoms with Crippen molar-refractivity contribution in [2.24, 2.45) is 0 Å². The number of nitrogens with zero attached hydrogens (tertiary/aromatic N) is 2. The van der Waals surface area contributed by atoms with Gasteiger partial charge in [0.2, 0.25) is 0 Å². The molecule has 1 aromatic carbocycles. The molecule has 0 N–H and O–H groups in total. The minimum absolute atomic E-state index is 0.335. The number of hydrogen-bond acceptors (Lipinski definition) is 5. The maximum atomic E-state index is 12.0. The topological polar surface area (TPSA) is 51.7 Å². The second-order valence-corrected chi connectivity index (χ2v) is 5.29. The summed E-state index contributed by atoms with van der Waals surface area (Å²) in [5.41, 5.74) is 1.24. The summed E-state index contributed by atoms with van der Waals surface area (Å²) in [6, 6.07) is 8.91. The van der Waals surface area contributed by atoms with E-state index in [2.05, 4.69) is 11.6 Å². The van der Waals surface area contributed by atoms with E-state index in [0.29, 0.717) is 23.7 Å².